The molecule has 0 saturated carbocycles. The van der Waals surface area contributed by atoms with Gasteiger partial charge in [0.05, 0.1) is 7.11 Å². The van der Waals surface area contributed by atoms with Crippen LogP contribution in [0, 0.1) is 0 Å². The summed E-state index contributed by atoms with van der Waals surface area (Å²) in [6, 6.07) is 0.591. The number of ether oxygens (including phenoxy) is 1. The summed E-state index contributed by atoms with van der Waals surface area (Å²) >= 11 is 0. The zero-order chi connectivity index (χ0) is 13.8. The van der Waals surface area contributed by atoms with Gasteiger partial charge in [0.15, 0.2) is 0 Å². The van der Waals surface area contributed by atoms with Crippen LogP contribution in [0.5, 0.6) is 0 Å². The lowest BCUT2D eigenvalue weighted by atomic mass is 10.0. The fraction of sp³-hybridized carbons (Fsp3) is 0.923. The van der Waals surface area contributed by atoms with E-state index in [0.717, 1.165) is 32.6 Å². The summed E-state index contributed by atoms with van der Waals surface area (Å²) < 4.78 is 4.74. The van der Waals surface area contributed by atoms with Gasteiger partial charge in [-0.1, -0.05) is 13.8 Å². The monoisotopic (exact) mass is 257 g/mol. The van der Waals surface area contributed by atoms with Crippen LogP contribution >= 0.6 is 0 Å². The lowest BCUT2D eigenvalue weighted by Crippen LogP contribution is -2.54. The van der Waals surface area contributed by atoms with Crippen LogP contribution in [-0.2, 0) is 9.53 Å². The number of likely N-dealkylation sites (N-methyl/N-ethyl adjacent to an activating group) is 1. The molecule has 0 aromatic heterocycles. The van der Waals surface area contributed by atoms with Crippen LogP contribution in [0.25, 0.3) is 0 Å². The normalized spacial score (nSPS) is 24.2. The first-order valence-corrected chi connectivity index (χ1v) is 6.78. The maximum atomic E-state index is 11.6. The molecule has 0 bridgehead atoms. The van der Waals surface area contributed by atoms with Gasteiger partial charge < -0.3 is 10.5 Å². The second kappa shape index (κ2) is 6.50. The van der Waals surface area contributed by atoms with E-state index >= 15 is 0 Å². The molecule has 5 nitrogen and oxygen atoms in total. The van der Waals surface area contributed by atoms with E-state index in [-0.39, 0.29) is 5.97 Å². The number of likely N-dealkylation sites (tertiary alicyclic amines) is 1. The lowest BCUT2D eigenvalue weighted by Gasteiger charge is -2.29. The fourth-order valence-corrected chi connectivity index (χ4v) is 2.76. The molecule has 1 aliphatic heterocycles. The summed E-state index contributed by atoms with van der Waals surface area (Å²) in [5.74, 6) is -0.339. The van der Waals surface area contributed by atoms with Crippen molar-refractivity contribution in [2.75, 3.05) is 39.8 Å². The van der Waals surface area contributed by atoms with Gasteiger partial charge in [0.1, 0.15) is 5.54 Å². The van der Waals surface area contributed by atoms with Gasteiger partial charge in [0.2, 0.25) is 0 Å². The third-order valence-electron chi connectivity index (χ3n) is 3.78. The van der Waals surface area contributed by atoms with E-state index in [1.165, 1.54) is 7.11 Å². The molecule has 5 heteroatoms. The van der Waals surface area contributed by atoms with E-state index in [2.05, 4.69) is 23.6 Å². The third kappa shape index (κ3) is 3.67. The van der Waals surface area contributed by atoms with E-state index in [1.54, 1.807) is 6.92 Å². The van der Waals surface area contributed by atoms with Crippen molar-refractivity contribution in [2.45, 2.75) is 38.8 Å². The summed E-state index contributed by atoms with van der Waals surface area (Å²) in [7, 11) is 1.39. The molecule has 0 aromatic rings. The van der Waals surface area contributed by atoms with Gasteiger partial charge in [0, 0.05) is 19.1 Å². The summed E-state index contributed by atoms with van der Waals surface area (Å²) in [4.78, 5) is 16.3. The summed E-state index contributed by atoms with van der Waals surface area (Å²) in [6.07, 6.45) is 1.15. The van der Waals surface area contributed by atoms with Crippen LogP contribution < -0.4 is 5.73 Å². The van der Waals surface area contributed by atoms with Crippen molar-refractivity contribution in [2.24, 2.45) is 5.73 Å². The lowest BCUT2D eigenvalue weighted by molar-refractivity contribution is -0.147. The molecule has 1 fully saturated rings. The Bertz CT molecular complexity index is 277. The zero-order valence-electron chi connectivity index (χ0n) is 12.1. The van der Waals surface area contributed by atoms with E-state index < -0.39 is 5.54 Å². The van der Waals surface area contributed by atoms with Gasteiger partial charge in [-0.05, 0) is 33.0 Å². The quantitative estimate of drug-likeness (QED) is 0.693. The first-order valence-electron chi connectivity index (χ1n) is 6.78. The molecule has 2 atom stereocenters. The number of carbonyl (C=O) groups excluding carboxylic acids is 1. The highest BCUT2D eigenvalue weighted by Gasteiger charge is 2.35. The maximum Gasteiger partial charge on any atom is 0.326 e. The van der Waals surface area contributed by atoms with Crippen LogP contribution in [0.3, 0.4) is 0 Å². The predicted molar refractivity (Wildman–Crippen MR) is 72.4 cm³/mol. The van der Waals surface area contributed by atoms with Gasteiger partial charge >= 0.3 is 5.97 Å². The third-order valence-corrected chi connectivity index (χ3v) is 3.78. The molecule has 0 aliphatic carbocycles. The molecule has 1 saturated heterocycles. The van der Waals surface area contributed by atoms with Crippen LogP contribution in [0.15, 0.2) is 0 Å². The number of esters is 1. The van der Waals surface area contributed by atoms with Crippen molar-refractivity contribution >= 4 is 5.97 Å². The average Bonchev–Trinajstić information content (AvgIpc) is 2.77. The molecule has 0 aromatic carbocycles. The first-order chi connectivity index (χ1) is 8.44. The Labute approximate surface area is 110 Å². The Morgan fingerprint density at radius 3 is 2.61 bits per heavy atom. The van der Waals surface area contributed by atoms with Crippen LogP contribution in [-0.4, -0.2) is 67.2 Å². The van der Waals surface area contributed by atoms with Crippen LogP contribution in [0.1, 0.15) is 27.2 Å². The predicted octanol–water partition coefficient (Wildman–Crippen LogP) is 0.293. The number of hydrogen-bond acceptors (Lipinski definition) is 5. The number of methoxy groups -OCH3 is 1. The average molecular weight is 257 g/mol. The molecular weight excluding hydrogens is 230 g/mol. The van der Waals surface area contributed by atoms with Crippen molar-refractivity contribution < 1.29 is 9.53 Å². The van der Waals surface area contributed by atoms with Crippen molar-refractivity contribution in [1.82, 2.24) is 9.80 Å². The van der Waals surface area contributed by atoms with E-state index in [9.17, 15) is 4.79 Å². The Kier molecular flexibility index (Phi) is 5.56. The minimum absolute atomic E-state index is 0.339. The molecule has 2 unspecified atom stereocenters. The molecule has 0 amide bonds. The molecule has 1 rings (SSSR count). The molecule has 2 N–H and O–H groups in total. The number of hydrogen-bond donors (Lipinski definition) is 1. The van der Waals surface area contributed by atoms with Gasteiger partial charge in [-0.25, -0.2) is 0 Å². The molecule has 106 valence electrons. The number of nitrogens with two attached hydrogens (primary N) is 1. The van der Waals surface area contributed by atoms with E-state index in [1.807, 2.05) is 0 Å². The first kappa shape index (κ1) is 15.4. The largest absolute Gasteiger partial charge is 0.468 e. The standard InChI is InChI=1S/C13H27N3O2/c1-5-16(6-2)11-7-8-15(9-11)10-13(3,14)12(17)18-4/h11H,5-10,14H2,1-4H3. The van der Waals surface area contributed by atoms with Crippen molar-refractivity contribution in [3.05, 3.63) is 0 Å². The second-order valence-corrected chi connectivity index (χ2v) is 5.31. The number of nitrogens with zero attached hydrogens (tertiary/aromatic N) is 2. The van der Waals surface area contributed by atoms with Crippen molar-refractivity contribution in [3.63, 3.8) is 0 Å². The molecule has 18 heavy (non-hydrogen) atoms. The maximum absolute atomic E-state index is 11.6. The second-order valence-electron chi connectivity index (χ2n) is 5.31. The van der Waals surface area contributed by atoms with Crippen LogP contribution in [0.4, 0.5) is 0 Å². The Hall–Kier alpha value is -0.650. The highest BCUT2D eigenvalue weighted by atomic mass is 16.5. The number of rotatable bonds is 6. The van der Waals surface area contributed by atoms with Gasteiger partial charge in [-0.15, -0.1) is 0 Å². The zero-order valence-corrected chi connectivity index (χ0v) is 12.1. The van der Waals surface area contributed by atoms with E-state index in [4.69, 9.17) is 10.5 Å². The summed E-state index contributed by atoms with van der Waals surface area (Å²) in [6.45, 7) is 10.8. The Balaban J connectivity index is 2.50. The van der Waals surface area contributed by atoms with Crippen LogP contribution in [0.2, 0.25) is 0 Å². The highest BCUT2D eigenvalue weighted by Crippen LogP contribution is 2.17. The SMILES string of the molecule is CCN(CC)C1CCN(CC(C)(N)C(=O)OC)C1. The minimum Gasteiger partial charge on any atom is -0.468 e. The molecule has 0 radical (unpaired) electrons. The van der Waals surface area contributed by atoms with Gasteiger partial charge in [-0.2, -0.15) is 0 Å². The van der Waals surface area contributed by atoms with E-state index in [0.29, 0.717) is 12.6 Å². The Morgan fingerprint density at radius 2 is 2.11 bits per heavy atom. The summed E-state index contributed by atoms with van der Waals surface area (Å²) in [5, 5.41) is 0. The van der Waals surface area contributed by atoms with Gasteiger partial charge in [0.25, 0.3) is 0 Å². The van der Waals surface area contributed by atoms with Crippen molar-refractivity contribution in [3.8, 4) is 0 Å². The smallest absolute Gasteiger partial charge is 0.326 e. The molecule has 1 heterocycles. The molecule has 0 spiro atoms. The highest BCUT2D eigenvalue weighted by molar-refractivity contribution is 5.80. The minimum atomic E-state index is -0.910. The topological polar surface area (TPSA) is 58.8 Å². The van der Waals surface area contributed by atoms with Crippen molar-refractivity contribution in [1.29, 1.82) is 0 Å². The molecular formula is C13H27N3O2. The Morgan fingerprint density at radius 1 is 1.50 bits per heavy atom. The summed E-state index contributed by atoms with van der Waals surface area (Å²) in [5.41, 5.74) is 5.10. The molecule has 1 aliphatic rings. The van der Waals surface area contributed by atoms with Gasteiger partial charge in [-0.3, -0.25) is 14.6 Å². The number of carbonyl (C=O) groups is 1. The fourth-order valence-electron chi connectivity index (χ4n) is 2.76.